The van der Waals surface area contributed by atoms with Crippen molar-refractivity contribution in [1.82, 2.24) is 15.6 Å². The third kappa shape index (κ3) is 6.54. The van der Waals surface area contributed by atoms with Gasteiger partial charge >= 0.3 is 6.09 Å². The molecule has 0 spiro atoms. The maximum absolute atomic E-state index is 11.5. The molecule has 1 heterocycles. The summed E-state index contributed by atoms with van der Waals surface area (Å²) in [5.74, 6) is 0. The molecule has 2 N–H and O–H groups in total. The van der Waals surface area contributed by atoms with Crippen LogP contribution in [0, 0.1) is 6.92 Å². The normalized spacial score (nSPS) is 13.1. The SMILES string of the molecule is Cc1ncsc1CNC(C)CNC(=O)OC(C)(C)C. The highest BCUT2D eigenvalue weighted by molar-refractivity contribution is 7.09. The predicted molar refractivity (Wildman–Crippen MR) is 77.4 cm³/mol. The van der Waals surface area contributed by atoms with Gasteiger partial charge in [-0.15, -0.1) is 11.3 Å². The molecule has 0 bridgehead atoms. The number of amides is 1. The molecule has 1 unspecified atom stereocenters. The fourth-order valence-corrected chi connectivity index (χ4v) is 2.11. The summed E-state index contributed by atoms with van der Waals surface area (Å²) < 4.78 is 5.17. The number of nitrogens with zero attached hydrogens (tertiary/aromatic N) is 1. The number of hydrogen-bond acceptors (Lipinski definition) is 5. The maximum atomic E-state index is 11.5. The van der Waals surface area contributed by atoms with E-state index in [9.17, 15) is 4.79 Å². The fraction of sp³-hybridized carbons (Fsp3) is 0.692. The van der Waals surface area contributed by atoms with Gasteiger partial charge in [0.05, 0.1) is 11.2 Å². The zero-order chi connectivity index (χ0) is 14.5. The molecule has 1 amide bonds. The highest BCUT2D eigenvalue weighted by Gasteiger charge is 2.16. The molecular formula is C13H23N3O2S. The predicted octanol–water partition coefficient (Wildman–Crippen LogP) is 2.45. The molecule has 6 heteroatoms. The van der Waals surface area contributed by atoms with Crippen molar-refractivity contribution in [3.8, 4) is 0 Å². The highest BCUT2D eigenvalue weighted by atomic mass is 32.1. The lowest BCUT2D eigenvalue weighted by Gasteiger charge is -2.21. The minimum atomic E-state index is -0.458. The van der Waals surface area contributed by atoms with Crippen molar-refractivity contribution in [3.63, 3.8) is 0 Å². The van der Waals surface area contributed by atoms with Crippen LogP contribution in [0.5, 0.6) is 0 Å². The summed E-state index contributed by atoms with van der Waals surface area (Å²) >= 11 is 1.64. The average molecular weight is 285 g/mol. The lowest BCUT2D eigenvalue weighted by molar-refractivity contribution is 0.0523. The lowest BCUT2D eigenvalue weighted by Crippen LogP contribution is -2.40. The number of alkyl carbamates (subject to hydrolysis) is 1. The number of aryl methyl sites for hydroxylation is 1. The molecule has 108 valence electrons. The van der Waals surface area contributed by atoms with Crippen molar-refractivity contribution in [1.29, 1.82) is 0 Å². The first kappa shape index (κ1) is 15.9. The summed E-state index contributed by atoms with van der Waals surface area (Å²) in [5.41, 5.74) is 2.45. The van der Waals surface area contributed by atoms with Crippen molar-refractivity contribution in [2.75, 3.05) is 6.54 Å². The molecule has 0 radical (unpaired) electrons. The van der Waals surface area contributed by atoms with Crippen LogP contribution in [-0.2, 0) is 11.3 Å². The molecule has 0 aliphatic carbocycles. The molecular weight excluding hydrogens is 262 g/mol. The first-order chi connectivity index (χ1) is 8.78. The summed E-state index contributed by atoms with van der Waals surface area (Å²) in [6, 6.07) is 0.175. The third-order valence-corrected chi connectivity index (χ3v) is 3.34. The van der Waals surface area contributed by atoms with E-state index in [0.29, 0.717) is 6.54 Å². The number of aromatic nitrogens is 1. The molecule has 0 aliphatic heterocycles. The smallest absolute Gasteiger partial charge is 0.407 e. The van der Waals surface area contributed by atoms with E-state index >= 15 is 0 Å². The molecule has 0 aromatic carbocycles. The second kappa shape index (κ2) is 6.86. The number of nitrogens with one attached hydrogen (secondary N) is 2. The van der Waals surface area contributed by atoms with E-state index in [4.69, 9.17) is 4.74 Å². The Bertz CT molecular complexity index is 412. The minimum Gasteiger partial charge on any atom is -0.444 e. The van der Waals surface area contributed by atoms with Gasteiger partial charge in [-0.25, -0.2) is 9.78 Å². The van der Waals surface area contributed by atoms with E-state index in [1.807, 2.05) is 40.1 Å². The topological polar surface area (TPSA) is 63.2 Å². The summed E-state index contributed by atoms with van der Waals surface area (Å²) in [7, 11) is 0. The first-order valence-corrected chi connectivity index (χ1v) is 7.25. The van der Waals surface area contributed by atoms with Gasteiger partial charge in [0.15, 0.2) is 0 Å². The van der Waals surface area contributed by atoms with Crippen LogP contribution in [0.2, 0.25) is 0 Å². The van der Waals surface area contributed by atoms with Gasteiger partial charge < -0.3 is 15.4 Å². The van der Waals surface area contributed by atoms with Crippen LogP contribution in [0.3, 0.4) is 0 Å². The first-order valence-electron chi connectivity index (χ1n) is 6.37. The third-order valence-electron chi connectivity index (χ3n) is 2.41. The number of carbonyl (C=O) groups is 1. The van der Waals surface area contributed by atoms with E-state index in [1.54, 1.807) is 11.3 Å². The Hall–Kier alpha value is -1.14. The Labute approximate surface area is 118 Å². The summed E-state index contributed by atoms with van der Waals surface area (Å²) in [4.78, 5) is 16.9. The minimum absolute atomic E-state index is 0.175. The Morgan fingerprint density at radius 3 is 2.74 bits per heavy atom. The summed E-state index contributed by atoms with van der Waals surface area (Å²) in [5, 5.41) is 6.09. The van der Waals surface area contributed by atoms with E-state index in [2.05, 4.69) is 15.6 Å². The largest absolute Gasteiger partial charge is 0.444 e. The van der Waals surface area contributed by atoms with E-state index in [-0.39, 0.29) is 12.1 Å². The van der Waals surface area contributed by atoms with Crippen molar-refractivity contribution in [2.24, 2.45) is 0 Å². The molecule has 0 saturated carbocycles. The molecule has 1 rings (SSSR count). The lowest BCUT2D eigenvalue weighted by atomic mass is 10.2. The zero-order valence-electron chi connectivity index (χ0n) is 12.2. The molecule has 19 heavy (non-hydrogen) atoms. The van der Waals surface area contributed by atoms with Gasteiger partial charge in [-0.05, 0) is 34.6 Å². The van der Waals surface area contributed by atoms with Crippen LogP contribution in [0.15, 0.2) is 5.51 Å². The number of thiazole rings is 1. The molecule has 5 nitrogen and oxygen atoms in total. The Balaban J connectivity index is 2.23. The van der Waals surface area contributed by atoms with E-state index < -0.39 is 5.60 Å². The molecule has 1 aromatic heterocycles. The molecule has 1 aromatic rings. The zero-order valence-corrected chi connectivity index (χ0v) is 13.1. The molecule has 0 aliphatic rings. The van der Waals surface area contributed by atoms with Gasteiger partial charge in [0, 0.05) is 24.0 Å². The Kier molecular flexibility index (Phi) is 5.75. The van der Waals surface area contributed by atoms with Crippen molar-refractivity contribution >= 4 is 17.4 Å². The van der Waals surface area contributed by atoms with Crippen LogP contribution in [-0.4, -0.2) is 29.3 Å². The fourth-order valence-electron chi connectivity index (χ4n) is 1.39. The molecule has 0 fully saturated rings. The number of rotatable bonds is 5. The number of carbonyl (C=O) groups excluding carboxylic acids is 1. The maximum Gasteiger partial charge on any atom is 0.407 e. The monoisotopic (exact) mass is 285 g/mol. The van der Waals surface area contributed by atoms with Gasteiger partial charge in [-0.1, -0.05) is 0 Å². The Morgan fingerprint density at radius 1 is 1.53 bits per heavy atom. The molecule has 0 saturated heterocycles. The van der Waals surface area contributed by atoms with Gasteiger partial charge in [0.1, 0.15) is 5.60 Å². The number of hydrogen-bond donors (Lipinski definition) is 2. The summed E-state index contributed by atoms with van der Waals surface area (Å²) in [6.07, 6.45) is -0.380. The number of ether oxygens (including phenoxy) is 1. The van der Waals surface area contributed by atoms with E-state index in [0.717, 1.165) is 12.2 Å². The van der Waals surface area contributed by atoms with Gasteiger partial charge in [0.25, 0.3) is 0 Å². The van der Waals surface area contributed by atoms with Crippen molar-refractivity contribution in [3.05, 3.63) is 16.1 Å². The van der Waals surface area contributed by atoms with Gasteiger partial charge in [0.2, 0.25) is 0 Å². The van der Waals surface area contributed by atoms with Gasteiger partial charge in [-0.3, -0.25) is 0 Å². The van der Waals surface area contributed by atoms with Crippen LogP contribution >= 0.6 is 11.3 Å². The van der Waals surface area contributed by atoms with Crippen LogP contribution in [0.4, 0.5) is 4.79 Å². The van der Waals surface area contributed by atoms with Crippen LogP contribution in [0.25, 0.3) is 0 Å². The van der Waals surface area contributed by atoms with E-state index in [1.165, 1.54) is 4.88 Å². The van der Waals surface area contributed by atoms with Crippen molar-refractivity contribution < 1.29 is 9.53 Å². The van der Waals surface area contributed by atoms with Crippen LogP contribution in [0.1, 0.15) is 38.3 Å². The second-order valence-corrected chi connectivity index (χ2v) is 6.47. The average Bonchev–Trinajstić information content (AvgIpc) is 2.67. The van der Waals surface area contributed by atoms with Crippen LogP contribution < -0.4 is 10.6 Å². The molecule has 1 atom stereocenters. The highest BCUT2D eigenvalue weighted by Crippen LogP contribution is 2.11. The quantitative estimate of drug-likeness (QED) is 0.872. The van der Waals surface area contributed by atoms with Crippen molar-refractivity contribution in [2.45, 2.75) is 52.8 Å². The Morgan fingerprint density at radius 2 is 2.21 bits per heavy atom. The summed E-state index contributed by atoms with van der Waals surface area (Å²) in [6.45, 7) is 10.9. The van der Waals surface area contributed by atoms with Gasteiger partial charge in [-0.2, -0.15) is 0 Å². The second-order valence-electron chi connectivity index (χ2n) is 5.53. The standard InChI is InChI=1S/C13H23N3O2S/c1-9(6-15-12(17)18-13(3,4)5)14-7-11-10(2)16-8-19-11/h8-9,14H,6-7H2,1-5H3,(H,15,17).